The van der Waals surface area contributed by atoms with Crippen LogP contribution in [-0.2, 0) is 21.4 Å². The van der Waals surface area contributed by atoms with Gasteiger partial charge in [0.15, 0.2) is 0 Å². The molecule has 2 aromatic rings. The van der Waals surface area contributed by atoms with E-state index in [-0.39, 0.29) is 17.6 Å². The van der Waals surface area contributed by atoms with Crippen LogP contribution in [0.5, 0.6) is 0 Å². The van der Waals surface area contributed by atoms with Crippen LogP contribution in [0.4, 0.5) is 0 Å². The summed E-state index contributed by atoms with van der Waals surface area (Å²) in [6, 6.07) is 3.59. The van der Waals surface area contributed by atoms with Gasteiger partial charge in [-0.1, -0.05) is 11.6 Å². The van der Waals surface area contributed by atoms with E-state index >= 15 is 0 Å². The Morgan fingerprint density at radius 2 is 2.04 bits per heavy atom. The fraction of sp³-hybridized carbons (Fsp3) is 0.500. The Morgan fingerprint density at radius 1 is 1.32 bits per heavy atom. The summed E-state index contributed by atoms with van der Waals surface area (Å²) in [6.07, 6.45) is 4.69. The van der Waals surface area contributed by atoms with Gasteiger partial charge >= 0.3 is 0 Å². The average Bonchev–Trinajstić information content (AvgIpc) is 3.01. The molecule has 3 heterocycles. The highest BCUT2D eigenvalue weighted by atomic mass is 35.5. The van der Waals surface area contributed by atoms with Gasteiger partial charge in [0.1, 0.15) is 5.65 Å². The van der Waals surface area contributed by atoms with Crippen molar-refractivity contribution in [3.05, 3.63) is 35.2 Å². The Labute approximate surface area is 152 Å². The van der Waals surface area contributed by atoms with Crippen LogP contribution in [0.2, 0.25) is 5.02 Å². The predicted octanol–water partition coefficient (Wildman–Crippen LogP) is 1.67. The molecule has 1 aliphatic heterocycles. The molecule has 136 valence electrons. The molecule has 7 nitrogen and oxygen atoms in total. The first-order valence-corrected chi connectivity index (χ1v) is 10.3. The maximum atomic E-state index is 12.3. The number of carbonyl (C=O) groups excluding carboxylic acids is 1. The van der Waals surface area contributed by atoms with Crippen molar-refractivity contribution in [2.45, 2.75) is 26.3 Å². The fourth-order valence-electron chi connectivity index (χ4n) is 3.00. The number of fused-ring (bicyclic) bond motifs is 1. The van der Waals surface area contributed by atoms with E-state index in [2.05, 4.69) is 10.3 Å². The minimum Gasteiger partial charge on any atom is -0.350 e. The summed E-state index contributed by atoms with van der Waals surface area (Å²) in [7, 11) is -3.17. The van der Waals surface area contributed by atoms with Crippen LogP contribution in [0, 0.1) is 5.92 Å². The van der Waals surface area contributed by atoms with E-state index in [4.69, 9.17) is 11.6 Å². The lowest BCUT2D eigenvalue weighted by molar-refractivity contribution is -0.126. The SMILES string of the molecule is CCS(=O)(=O)N1CCC(C(=O)NCc2cn3cc(Cl)ccc3n2)CC1. The largest absolute Gasteiger partial charge is 0.350 e. The van der Waals surface area contributed by atoms with Crippen molar-refractivity contribution in [1.29, 1.82) is 0 Å². The first-order chi connectivity index (χ1) is 11.9. The molecule has 1 fully saturated rings. The summed E-state index contributed by atoms with van der Waals surface area (Å²) >= 11 is 5.95. The van der Waals surface area contributed by atoms with Crippen LogP contribution in [0.25, 0.3) is 5.65 Å². The summed E-state index contributed by atoms with van der Waals surface area (Å²) in [5, 5.41) is 3.52. The quantitative estimate of drug-likeness (QED) is 0.849. The van der Waals surface area contributed by atoms with Crippen LogP contribution in [0.3, 0.4) is 0 Å². The molecule has 0 radical (unpaired) electrons. The van der Waals surface area contributed by atoms with Gasteiger partial charge in [0, 0.05) is 31.4 Å². The van der Waals surface area contributed by atoms with E-state index < -0.39 is 10.0 Å². The molecule has 25 heavy (non-hydrogen) atoms. The summed E-state index contributed by atoms with van der Waals surface area (Å²) < 4.78 is 27.0. The van der Waals surface area contributed by atoms with Crippen LogP contribution >= 0.6 is 11.6 Å². The number of piperidine rings is 1. The number of halogens is 1. The van der Waals surface area contributed by atoms with E-state index in [1.165, 1.54) is 4.31 Å². The van der Waals surface area contributed by atoms with Gasteiger partial charge in [0.25, 0.3) is 0 Å². The van der Waals surface area contributed by atoms with Crippen molar-refractivity contribution in [3.8, 4) is 0 Å². The topological polar surface area (TPSA) is 83.8 Å². The minimum atomic E-state index is -3.17. The number of nitrogens with one attached hydrogen (secondary N) is 1. The number of carbonyl (C=O) groups is 1. The average molecular weight is 385 g/mol. The van der Waals surface area contributed by atoms with E-state index in [0.717, 1.165) is 11.3 Å². The Balaban J connectivity index is 1.54. The zero-order valence-corrected chi connectivity index (χ0v) is 15.6. The number of amides is 1. The first kappa shape index (κ1) is 18.2. The Hall–Kier alpha value is -1.64. The maximum Gasteiger partial charge on any atom is 0.223 e. The summed E-state index contributed by atoms with van der Waals surface area (Å²) in [4.78, 5) is 16.8. The summed E-state index contributed by atoms with van der Waals surface area (Å²) in [5.41, 5.74) is 1.52. The molecule has 1 N–H and O–H groups in total. The minimum absolute atomic E-state index is 0.0522. The second-order valence-corrected chi connectivity index (χ2v) is 8.83. The third kappa shape index (κ3) is 4.13. The molecule has 0 aliphatic carbocycles. The number of pyridine rings is 1. The van der Waals surface area contributed by atoms with Crippen LogP contribution in [-0.4, -0.2) is 46.9 Å². The lowest BCUT2D eigenvalue weighted by Crippen LogP contribution is -2.43. The highest BCUT2D eigenvalue weighted by Crippen LogP contribution is 2.20. The standard InChI is InChI=1S/C16H21ClN4O3S/c1-2-25(23,24)21-7-5-12(6-8-21)16(22)18-9-14-11-20-10-13(17)3-4-15(20)19-14/h3-4,10-12H,2,5-9H2,1H3,(H,18,22). The normalized spacial score (nSPS) is 17.0. The molecule has 9 heteroatoms. The van der Waals surface area contributed by atoms with E-state index in [1.54, 1.807) is 19.2 Å². The Bertz CT molecular complexity index is 873. The van der Waals surface area contributed by atoms with Crippen LogP contribution in [0.1, 0.15) is 25.5 Å². The molecule has 0 spiro atoms. The lowest BCUT2D eigenvalue weighted by atomic mass is 9.97. The number of hydrogen-bond donors (Lipinski definition) is 1. The number of aromatic nitrogens is 2. The zero-order valence-electron chi connectivity index (χ0n) is 14.0. The second kappa shape index (κ2) is 7.31. The van der Waals surface area contributed by atoms with Gasteiger partial charge in [0.05, 0.1) is 23.0 Å². The molecule has 0 unspecified atom stereocenters. The molecular formula is C16H21ClN4O3S. The molecule has 3 rings (SSSR count). The highest BCUT2D eigenvalue weighted by Gasteiger charge is 2.30. The van der Waals surface area contributed by atoms with Gasteiger partial charge in [-0.25, -0.2) is 17.7 Å². The Kier molecular flexibility index (Phi) is 5.31. The van der Waals surface area contributed by atoms with Gasteiger partial charge in [-0.2, -0.15) is 0 Å². The van der Waals surface area contributed by atoms with Gasteiger partial charge in [-0.05, 0) is 31.9 Å². The molecule has 0 bridgehead atoms. The van der Waals surface area contributed by atoms with Crippen molar-refractivity contribution in [1.82, 2.24) is 19.0 Å². The molecule has 0 aromatic carbocycles. The third-order valence-electron chi connectivity index (χ3n) is 4.49. The van der Waals surface area contributed by atoms with Crippen molar-refractivity contribution in [3.63, 3.8) is 0 Å². The van der Waals surface area contributed by atoms with Gasteiger partial charge in [-0.15, -0.1) is 0 Å². The van der Waals surface area contributed by atoms with Crippen molar-refractivity contribution in [2.24, 2.45) is 5.92 Å². The molecule has 0 saturated carbocycles. The summed E-state index contributed by atoms with van der Waals surface area (Å²) in [5.74, 6) is -0.111. The zero-order chi connectivity index (χ0) is 18.0. The number of imidazole rings is 1. The fourth-order valence-corrected chi connectivity index (χ4v) is 4.30. The van der Waals surface area contributed by atoms with Crippen molar-refractivity contribution >= 4 is 33.2 Å². The maximum absolute atomic E-state index is 12.3. The monoisotopic (exact) mass is 384 g/mol. The molecule has 1 amide bonds. The second-order valence-electron chi connectivity index (χ2n) is 6.14. The summed E-state index contributed by atoms with van der Waals surface area (Å²) in [6.45, 7) is 2.78. The number of rotatable bonds is 5. The van der Waals surface area contributed by atoms with E-state index in [1.807, 2.05) is 16.7 Å². The van der Waals surface area contributed by atoms with Crippen LogP contribution in [0.15, 0.2) is 24.5 Å². The third-order valence-corrected chi connectivity index (χ3v) is 6.60. The Morgan fingerprint density at radius 3 is 2.72 bits per heavy atom. The van der Waals surface area contributed by atoms with Crippen molar-refractivity contribution < 1.29 is 13.2 Å². The van der Waals surface area contributed by atoms with E-state index in [0.29, 0.717) is 37.5 Å². The highest BCUT2D eigenvalue weighted by molar-refractivity contribution is 7.89. The van der Waals surface area contributed by atoms with Gasteiger partial charge in [0.2, 0.25) is 15.9 Å². The van der Waals surface area contributed by atoms with Gasteiger partial charge in [-0.3, -0.25) is 4.79 Å². The van der Waals surface area contributed by atoms with E-state index in [9.17, 15) is 13.2 Å². The molecule has 2 aromatic heterocycles. The molecular weight excluding hydrogens is 364 g/mol. The lowest BCUT2D eigenvalue weighted by Gasteiger charge is -2.30. The molecule has 0 atom stereocenters. The van der Waals surface area contributed by atoms with Gasteiger partial charge < -0.3 is 9.72 Å². The molecule has 1 saturated heterocycles. The first-order valence-electron chi connectivity index (χ1n) is 8.27. The molecule has 1 aliphatic rings. The van der Waals surface area contributed by atoms with Crippen molar-refractivity contribution in [2.75, 3.05) is 18.8 Å². The number of sulfonamides is 1. The van der Waals surface area contributed by atoms with Crippen LogP contribution < -0.4 is 5.32 Å². The number of nitrogens with zero attached hydrogens (tertiary/aromatic N) is 3. The smallest absolute Gasteiger partial charge is 0.223 e. The number of hydrogen-bond acceptors (Lipinski definition) is 4. The predicted molar refractivity (Wildman–Crippen MR) is 95.8 cm³/mol.